The standard InChI is InChI=1S/C21H22N4O4/c1-13-8-20(24-29-13)23-19-5-4-15(11-22-19)21(26)25-7-6-14-9-17(27-2)18(28-3)10-16(14)12-25/h4-5,8-11H,6-7,12H2,1-3H3,(H,22,23,24). The third-order valence-electron chi connectivity index (χ3n) is 4.90. The van der Waals surface area contributed by atoms with E-state index in [1.54, 1.807) is 38.6 Å². The van der Waals surface area contributed by atoms with Gasteiger partial charge in [0.05, 0.1) is 19.8 Å². The Morgan fingerprint density at radius 3 is 2.48 bits per heavy atom. The molecule has 0 bridgehead atoms. The van der Waals surface area contributed by atoms with Gasteiger partial charge in [-0.05, 0) is 48.7 Å². The normalized spacial score (nSPS) is 13.0. The number of nitrogens with zero attached hydrogens (tertiary/aromatic N) is 3. The number of amides is 1. The Bertz CT molecular complexity index is 1030. The summed E-state index contributed by atoms with van der Waals surface area (Å²) >= 11 is 0. The van der Waals surface area contributed by atoms with Gasteiger partial charge in [0.1, 0.15) is 11.6 Å². The summed E-state index contributed by atoms with van der Waals surface area (Å²) in [7, 11) is 3.23. The Hall–Kier alpha value is -3.55. The van der Waals surface area contributed by atoms with Crippen LogP contribution < -0.4 is 14.8 Å². The topological polar surface area (TPSA) is 89.7 Å². The molecule has 0 radical (unpaired) electrons. The maximum atomic E-state index is 12.9. The summed E-state index contributed by atoms with van der Waals surface area (Å²) in [5, 5.41) is 6.91. The molecule has 150 valence electrons. The molecule has 1 aliphatic heterocycles. The van der Waals surface area contributed by atoms with Crippen molar-refractivity contribution in [3.8, 4) is 11.5 Å². The molecule has 29 heavy (non-hydrogen) atoms. The number of fused-ring (bicyclic) bond motifs is 1. The van der Waals surface area contributed by atoms with Crippen molar-refractivity contribution in [2.75, 3.05) is 26.1 Å². The van der Waals surface area contributed by atoms with Gasteiger partial charge in [0.2, 0.25) is 0 Å². The number of hydrogen-bond donors (Lipinski definition) is 1. The summed E-state index contributed by atoms with van der Waals surface area (Å²) < 4.78 is 15.8. The molecular formula is C21H22N4O4. The third-order valence-corrected chi connectivity index (χ3v) is 4.90. The number of aryl methyl sites for hydroxylation is 1. The molecule has 1 N–H and O–H groups in total. The number of rotatable bonds is 5. The highest BCUT2D eigenvalue weighted by Gasteiger charge is 2.24. The van der Waals surface area contributed by atoms with Gasteiger partial charge in [-0.15, -0.1) is 0 Å². The van der Waals surface area contributed by atoms with Crippen molar-refractivity contribution in [3.63, 3.8) is 0 Å². The fraction of sp³-hybridized carbons (Fsp3) is 0.286. The molecule has 1 amide bonds. The SMILES string of the molecule is COc1cc2c(cc1OC)CN(C(=O)c1ccc(Nc3cc(C)on3)nc1)CC2. The molecule has 8 heteroatoms. The Morgan fingerprint density at radius 2 is 1.86 bits per heavy atom. The fourth-order valence-corrected chi connectivity index (χ4v) is 3.39. The van der Waals surface area contributed by atoms with Crippen molar-refractivity contribution in [2.24, 2.45) is 0 Å². The Labute approximate surface area is 168 Å². The van der Waals surface area contributed by atoms with Crippen LogP contribution in [0.25, 0.3) is 0 Å². The number of anilines is 2. The number of pyridine rings is 1. The number of nitrogens with one attached hydrogen (secondary N) is 1. The molecule has 0 atom stereocenters. The van der Waals surface area contributed by atoms with E-state index in [9.17, 15) is 4.79 Å². The van der Waals surface area contributed by atoms with Crippen LogP contribution in [-0.2, 0) is 13.0 Å². The highest BCUT2D eigenvalue weighted by molar-refractivity contribution is 5.94. The van der Waals surface area contributed by atoms with E-state index in [0.717, 1.165) is 12.0 Å². The van der Waals surface area contributed by atoms with Crippen LogP contribution in [0, 0.1) is 6.92 Å². The second kappa shape index (κ2) is 7.83. The number of hydrogen-bond acceptors (Lipinski definition) is 7. The lowest BCUT2D eigenvalue weighted by Crippen LogP contribution is -2.36. The maximum Gasteiger partial charge on any atom is 0.255 e. The second-order valence-electron chi connectivity index (χ2n) is 6.83. The molecule has 0 saturated carbocycles. The van der Waals surface area contributed by atoms with E-state index < -0.39 is 0 Å². The molecule has 4 rings (SSSR count). The molecule has 3 aromatic rings. The average Bonchev–Trinajstić information content (AvgIpc) is 3.16. The molecule has 0 spiro atoms. The van der Waals surface area contributed by atoms with Gasteiger partial charge < -0.3 is 24.2 Å². The minimum Gasteiger partial charge on any atom is -0.493 e. The molecule has 0 aliphatic carbocycles. The van der Waals surface area contributed by atoms with Crippen LogP contribution in [0.4, 0.5) is 11.6 Å². The molecular weight excluding hydrogens is 372 g/mol. The van der Waals surface area contributed by atoms with E-state index in [-0.39, 0.29) is 5.91 Å². The van der Waals surface area contributed by atoms with Crippen LogP contribution in [0.2, 0.25) is 0 Å². The van der Waals surface area contributed by atoms with Crippen molar-refractivity contribution in [1.29, 1.82) is 0 Å². The first-order valence-corrected chi connectivity index (χ1v) is 9.27. The predicted octanol–water partition coefficient (Wildman–Crippen LogP) is 3.34. The van der Waals surface area contributed by atoms with Crippen molar-refractivity contribution in [3.05, 3.63) is 59.0 Å². The lowest BCUT2D eigenvalue weighted by atomic mass is 9.98. The van der Waals surface area contributed by atoms with Crippen molar-refractivity contribution in [1.82, 2.24) is 15.0 Å². The average molecular weight is 394 g/mol. The molecule has 1 aromatic carbocycles. The zero-order valence-electron chi connectivity index (χ0n) is 16.6. The molecule has 0 fully saturated rings. The number of aromatic nitrogens is 2. The summed E-state index contributed by atoms with van der Waals surface area (Å²) in [5.74, 6) is 3.20. The number of carbonyl (C=O) groups excluding carboxylic acids is 1. The summed E-state index contributed by atoms with van der Waals surface area (Å²) in [6.07, 6.45) is 2.34. The highest BCUT2D eigenvalue weighted by atomic mass is 16.5. The van der Waals surface area contributed by atoms with Gasteiger partial charge in [-0.2, -0.15) is 0 Å². The second-order valence-corrected chi connectivity index (χ2v) is 6.83. The molecule has 0 saturated heterocycles. The zero-order chi connectivity index (χ0) is 20.4. The summed E-state index contributed by atoms with van der Waals surface area (Å²) in [4.78, 5) is 19.1. The van der Waals surface area contributed by atoms with Crippen LogP contribution >= 0.6 is 0 Å². The van der Waals surface area contributed by atoms with E-state index in [2.05, 4.69) is 15.5 Å². The molecule has 8 nitrogen and oxygen atoms in total. The smallest absolute Gasteiger partial charge is 0.255 e. The third kappa shape index (κ3) is 3.87. The lowest BCUT2D eigenvalue weighted by Gasteiger charge is -2.29. The van der Waals surface area contributed by atoms with Crippen LogP contribution in [0.3, 0.4) is 0 Å². The monoisotopic (exact) mass is 394 g/mol. The number of methoxy groups -OCH3 is 2. The lowest BCUT2D eigenvalue weighted by molar-refractivity contribution is 0.0734. The Morgan fingerprint density at radius 1 is 1.10 bits per heavy atom. The highest BCUT2D eigenvalue weighted by Crippen LogP contribution is 2.33. The summed E-state index contributed by atoms with van der Waals surface area (Å²) in [5.41, 5.74) is 2.78. The number of carbonyl (C=O) groups is 1. The van der Waals surface area contributed by atoms with Crippen LogP contribution in [-0.4, -0.2) is 41.7 Å². The number of ether oxygens (including phenoxy) is 2. The molecule has 2 aromatic heterocycles. The van der Waals surface area contributed by atoms with Gasteiger partial charge in [0.25, 0.3) is 5.91 Å². The van der Waals surface area contributed by atoms with Gasteiger partial charge in [0, 0.05) is 25.4 Å². The van der Waals surface area contributed by atoms with Crippen molar-refractivity contribution in [2.45, 2.75) is 19.9 Å². The zero-order valence-corrected chi connectivity index (χ0v) is 16.6. The van der Waals surface area contributed by atoms with E-state index >= 15 is 0 Å². The van der Waals surface area contributed by atoms with E-state index in [1.165, 1.54) is 5.56 Å². The molecule has 0 unspecified atom stereocenters. The van der Waals surface area contributed by atoms with Gasteiger partial charge >= 0.3 is 0 Å². The van der Waals surface area contributed by atoms with E-state index in [4.69, 9.17) is 14.0 Å². The van der Waals surface area contributed by atoms with Crippen molar-refractivity contribution < 1.29 is 18.8 Å². The first kappa shape index (κ1) is 18.8. The van der Waals surface area contributed by atoms with Gasteiger partial charge in [-0.3, -0.25) is 4.79 Å². The largest absolute Gasteiger partial charge is 0.493 e. The first-order valence-electron chi connectivity index (χ1n) is 9.27. The molecule has 1 aliphatic rings. The van der Waals surface area contributed by atoms with Gasteiger partial charge in [0.15, 0.2) is 17.3 Å². The van der Waals surface area contributed by atoms with Gasteiger partial charge in [-0.25, -0.2) is 4.98 Å². The first-order chi connectivity index (χ1) is 14.1. The Balaban J connectivity index is 1.47. The van der Waals surface area contributed by atoms with Crippen LogP contribution in [0.1, 0.15) is 27.2 Å². The van der Waals surface area contributed by atoms with Crippen LogP contribution in [0.15, 0.2) is 41.1 Å². The van der Waals surface area contributed by atoms with E-state index in [1.807, 2.05) is 24.0 Å². The molecule has 3 heterocycles. The maximum absolute atomic E-state index is 12.9. The summed E-state index contributed by atoms with van der Waals surface area (Å²) in [6.45, 7) is 2.97. The van der Waals surface area contributed by atoms with Crippen LogP contribution in [0.5, 0.6) is 11.5 Å². The Kier molecular flexibility index (Phi) is 5.07. The van der Waals surface area contributed by atoms with Crippen molar-refractivity contribution >= 4 is 17.5 Å². The van der Waals surface area contributed by atoms with E-state index in [0.29, 0.717) is 47.5 Å². The minimum absolute atomic E-state index is 0.0539. The fourth-order valence-electron chi connectivity index (χ4n) is 3.39. The van der Waals surface area contributed by atoms with Gasteiger partial charge in [-0.1, -0.05) is 5.16 Å². The quantitative estimate of drug-likeness (QED) is 0.710. The number of benzene rings is 1. The minimum atomic E-state index is -0.0539. The summed E-state index contributed by atoms with van der Waals surface area (Å²) in [6, 6.07) is 9.22. The predicted molar refractivity (Wildman–Crippen MR) is 107 cm³/mol.